The van der Waals surface area contributed by atoms with Crippen molar-refractivity contribution in [3.05, 3.63) is 30.1 Å². The Morgan fingerprint density at radius 1 is 1.30 bits per heavy atom. The van der Waals surface area contributed by atoms with Crippen LogP contribution in [0, 0.1) is 0 Å². The molecule has 0 saturated heterocycles. The predicted octanol–water partition coefficient (Wildman–Crippen LogP) is 2.30. The predicted molar refractivity (Wildman–Crippen MR) is 82.9 cm³/mol. The Hall–Kier alpha value is -1.39. The van der Waals surface area contributed by atoms with Crippen molar-refractivity contribution >= 4 is 11.0 Å². The molecule has 20 heavy (non-hydrogen) atoms. The molecule has 2 aromatic rings. The highest BCUT2D eigenvalue weighted by Crippen LogP contribution is 2.18. The molecule has 4 nitrogen and oxygen atoms in total. The maximum Gasteiger partial charge on any atom is 0.112 e. The van der Waals surface area contributed by atoms with E-state index in [0.717, 1.165) is 37.3 Å². The minimum absolute atomic E-state index is 0.329. The SMILES string of the molecule is CCCn1c(CC(O)CCN(C)C)nc2ccccc21. The normalized spacial score (nSPS) is 13.2. The molecule has 0 radical (unpaired) electrons. The Balaban J connectivity index is 2.17. The van der Waals surface area contributed by atoms with Gasteiger partial charge in [0.05, 0.1) is 17.1 Å². The van der Waals surface area contributed by atoms with Gasteiger partial charge in [0.2, 0.25) is 0 Å². The molecule has 1 aromatic heterocycles. The van der Waals surface area contributed by atoms with Crippen LogP contribution in [0.25, 0.3) is 11.0 Å². The quantitative estimate of drug-likeness (QED) is 0.843. The highest BCUT2D eigenvalue weighted by molar-refractivity contribution is 5.75. The standard InChI is InChI=1S/C16H25N3O/c1-4-10-19-15-8-6-5-7-14(15)17-16(19)12-13(20)9-11-18(2)3/h5-8,13,20H,4,9-12H2,1-3H3. The lowest BCUT2D eigenvalue weighted by molar-refractivity contribution is 0.149. The molecule has 1 heterocycles. The fourth-order valence-electron chi connectivity index (χ4n) is 2.47. The second kappa shape index (κ2) is 6.86. The maximum absolute atomic E-state index is 10.2. The molecule has 2 rings (SSSR count). The Kier molecular flexibility index (Phi) is 5.15. The molecule has 0 spiro atoms. The van der Waals surface area contributed by atoms with Gasteiger partial charge in [0, 0.05) is 13.0 Å². The van der Waals surface area contributed by atoms with Crippen LogP contribution in [0.2, 0.25) is 0 Å². The van der Waals surface area contributed by atoms with Gasteiger partial charge in [-0.25, -0.2) is 4.98 Å². The van der Waals surface area contributed by atoms with E-state index in [1.807, 2.05) is 32.3 Å². The van der Waals surface area contributed by atoms with Crippen LogP contribution in [0.15, 0.2) is 24.3 Å². The van der Waals surface area contributed by atoms with Crippen molar-refractivity contribution in [1.82, 2.24) is 14.5 Å². The summed E-state index contributed by atoms with van der Waals surface area (Å²) in [4.78, 5) is 6.78. The van der Waals surface area contributed by atoms with Crippen molar-refractivity contribution in [3.8, 4) is 0 Å². The average molecular weight is 275 g/mol. The molecule has 1 aromatic carbocycles. The first kappa shape index (κ1) is 15.0. The second-order valence-corrected chi connectivity index (χ2v) is 5.62. The molecule has 0 amide bonds. The first-order valence-corrected chi connectivity index (χ1v) is 7.38. The lowest BCUT2D eigenvalue weighted by Crippen LogP contribution is -2.22. The van der Waals surface area contributed by atoms with E-state index in [-0.39, 0.29) is 6.10 Å². The number of para-hydroxylation sites is 2. The van der Waals surface area contributed by atoms with Crippen molar-refractivity contribution in [2.45, 2.75) is 38.8 Å². The summed E-state index contributed by atoms with van der Waals surface area (Å²) in [6, 6.07) is 8.20. The summed E-state index contributed by atoms with van der Waals surface area (Å²) in [7, 11) is 4.05. The van der Waals surface area contributed by atoms with E-state index in [9.17, 15) is 5.11 Å². The van der Waals surface area contributed by atoms with Crippen LogP contribution in [0.5, 0.6) is 0 Å². The number of aliphatic hydroxyl groups excluding tert-OH is 1. The first-order valence-electron chi connectivity index (χ1n) is 7.38. The Labute approximate surface area is 121 Å². The van der Waals surface area contributed by atoms with Crippen molar-refractivity contribution in [3.63, 3.8) is 0 Å². The highest BCUT2D eigenvalue weighted by Gasteiger charge is 2.14. The highest BCUT2D eigenvalue weighted by atomic mass is 16.3. The summed E-state index contributed by atoms with van der Waals surface area (Å²) in [6.45, 7) is 4.02. The smallest absolute Gasteiger partial charge is 0.112 e. The van der Waals surface area contributed by atoms with E-state index in [2.05, 4.69) is 27.4 Å². The van der Waals surface area contributed by atoms with Gasteiger partial charge in [-0.15, -0.1) is 0 Å². The number of hydrogen-bond acceptors (Lipinski definition) is 3. The van der Waals surface area contributed by atoms with E-state index in [1.54, 1.807) is 0 Å². The van der Waals surface area contributed by atoms with Crippen LogP contribution in [0.1, 0.15) is 25.6 Å². The molecule has 0 aliphatic heterocycles. The van der Waals surface area contributed by atoms with Crippen molar-refractivity contribution in [2.75, 3.05) is 20.6 Å². The number of rotatable bonds is 7. The molecule has 1 unspecified atom stereocenters. The number of hydrogen-bond donors (Lipinski definition) is 1. The van der Waals surface area contributed by atoms with E-state index >= 15 is 0 Å². The molecule has 0 fully saturated rings. The zero-order valence-corrected chi connectivity index (χ0v) is 12.7. The van der Waals surface area contributed by atoms with Gasteiger partial charge in [-0.1, -0.05) is 19.1 Å². The molecule has 110 valence electrons. The molecular weight excluding hydrogens is 250 g/mol. The molecule has 0 aliphatic carbocycles. The lowest BCUT2D eigenvalue weighted by atomic mass is 10.1. The fourth-order valence-corrected chi connectivity index (χ4v) is 2.47. The summed E-state index contributed by atoms with van der Waals surface area (Å²) in [5.74, 6) is 0.999. The van der Waals surface area contributed by atoms with Gasteiger partial charge in [0.1, 0.15) is 5.82 Å². The second-order valence-electron chi connectivity index (χ2n) is 5.62. The van der Waals surface area contributed by atoms with Gasteiger partial charge in [0.25, 0.3) is 0 Å². The summed E-state index contributed by atoms with van der Waals surface area (Å²) in [5, 5.41) is 10.2. The van der Waals surface area contributed by atoms with E-state index in [4.69, 9.17) is 0 Å². The summed E-state index contributed by atoms with van der Waals surface area (Å²) >= 11 is 0. The Bertz CT molecular complexity index is 548. The van der Waals surface area contributed by atoms with Gasteiger partial charge in [-0.3, -0.25) is 0 Å². The maximum atomic E-state index is 10.2. The summed E-state index contributed by atoms with van der Waals surface area (Å²) < 4.78 is 2.24. The first-order chi connectivity index (χ1) is 9.61. The van der Waals surface area contributed by atoms with Crippen LogP contribution in [0.4, 0.5) is 0 Å². The largest absolute Gasteiger partial charge is 0.393 e. The molecule has 0 bridgehead atoms. The third-order valence-corrected chi connectivity index (χ3v) is 3.51. The van der Waals surface area contributed by atoms with Crippen LogP contribution < -0.4 is 0 Å². The third-order valence-electron chi connectivity index (χ3n) is 3.51. The van der Waals surface area contributed by atoms with Gasteiger partial charge < -0.3 is 14.6 Å². The van der Waals surface area contributed by atoms with Gasteiger partial charge in [0.15, 0.2) is 0 Å². The topological polar surface area (TPSA) is 41.3 Å². The fraction of sp³-hybridized carbons (Fsp3) is 0.562. The number of aliphatic hydroxyl groups is 1. The van der Waals surface area contributed by atoms with Crippen LogP contribution in [0.3, 0.4) is 0 Å². The molecule has 1 N–H and O–H groups in total. The molecule has 4 heteroatoms. The van der Waals surface area contributed by atoms with E-state index in [0.29, 0.717) is 6.42 Å². The van der Waals surface area contributed by atoms with E-state index < -0.39 is 0 Å². The molecule has 1 atom stereocenters. The number of nitrogens with zero attached hydrogens (tertiary/aromatic N) is 3. The number of fused-ring (bicyclic) bond motifs is 1. The number of imidazole rings is 1. The number of aryl methyl sites for hydroxylation is 1. The summed E-state index contributed by atoms with van der Waals surface area (Å²) in [5.41, 5.74) is 2.19. The van der Waals surface area contributed by atoms with Crippen LogP contribution in [-0.4, -0.2) is 46.3 Å². The third kappa shape index (κ3) is 3.58. The monoisotopic (exact) mass is 275 g/mol. The summed E-state index contributed by atoms with van der Waals surface area (Å²) in [6.07, 6.45) is 2.15. The average Bonchev–Trinajstić information content (AvgIpc) is 2.75. The number of aromatic nitrogens is 2. The van der Waals surface area contributed by atoms with Crippen LogP contribution >= 0.6 is 0 Å². The Morgan fingerprint density at radius 3 is 2.75 bits per heavy atom. The zero-order valence-electron chi connectivity index (χ0n) is 12.7. The molecule has 0 aliphatic rings. The van der Waals surface area contributed by atoms with Gasteiger partial charge in [-0.05, 0) is 45.6 Å². The minimum atomic E-state index is -0.329. The van der Waals surface area contributed by atoms with Crippen LogP contribution in [-0.2, 0) is 13.0 Å². The molecule has 0 saturated carbocycles. The van der Waals surface area contributed by atoms with Crippen molar-refractivity contribution in [1.29, 1.82) is 0 Å². The minimum Gasteiger partial charge on any atom is -0.393 e. The van der Waals surface area contributed by atoms with Crippen molar-refractivity contribution < 1.29 is 5.11 Å². The Morgan fingerprint density at radius 2 is 2.05 bits per heavy atom. The van der Waals surface area contributed by atoms with E-state index in [1.165, 1.54) is 5.52 Å². The van der Waals surface area contributed by atoms with Gasteiger partial charge >= 0.3 is 0 Å². The molecular formula is C16H25N3O. The van der Waals surface area contributed by atoms with Crippen molar-refractivity contribution in [2.24, 2.45) is 0 Å². The lowest BCUT2D eigenvalue weighted by Gasteiger charge is -2.15. The number of benzene rings is 1. The zero-order chi connectivity index (χ0) is 14.5. The van der Waals surface area contributed by atoms with Gasteiger partial charge in [-0.2, -0.15) is 0 Å².